The Kier molecular flexibility index (Phi) is 5.07. The number of hydrogen-bond acceptors (Lipinski definition) is 2. The monoisotopic (exact) mass is 213 g/mol. The Balaban J connectivity index is 2.57. The van der Waals surface area contributed by atoms with Gasteiger partial charge in [-0.05, 0) is 25.2 Å². The summed E-state index contributed by atoms with van der Waals surface area (Å²) >= 11 is 0. The first-order chi connectivity index (χ1) is 7.14. The van der Waals surface area contributed by atoms with Crippen LogP contribution < -0.4 is 5.73 Å². The molecule has 3 atom stereocenters. The first-order valence-electron chi connectivity index (χ1n) is 6.45. The maximum Gasteiger partial charge on any atom is 0.0831 e. The molecule has 2 nitrogen and oxygen atoms in total. The summed E-state index contributed by atoms with van der Waals surface area (Å²) in [5.41, 5.74) is 6.30. The van der Waals surface area contributed by atoms with Crippen LogP contribution in [0.5, 0.6) is 0 Å². The molecule has 1 saturated carbocycles. The van der Waals surface area contributed by atoms with Crippen LogP contribution in [0, 0.1) is 5.92 Å². The molecule has 90 valence electrons. The predicted octanol–water partition coefficient (Wildman–Crippen LogP) is 3.10. The third kappa shape index (κ3) is 3.18. The second kappa shape index (κ2) is 5.86. The van der Waals surface area contributed by atoms with E-state index < -0.39 is 0 Å². The van der Waals surface area contributed by atoms with E-state index in [1.54, 1.807) is 0 Å². The second-order valence-corrected chi connectivity index (χ2v) is 5.22. The number of unbranched alkanes of at least 4 members (excludes halogenated alkanes) is 1. The maximum atomic E-state index is 6.32. The van der Waals surface area contributed by atoms with Crippen molar-refractivity contribution in [3.8, 4) is 0 Å². The molecule has 0 aromatic heterocycles. The van der Waals surface area contributed by atoms with E-state index in [2.05, 4.69) is 13.8 Å². The molecule has 0 spiro atoms. The molecule has 0 aliphatic heterocycles. The number of nitrogens with two attached hydrogens (primary N) is 1. The van der Waals surface area contributed by atoms with Crippen molar-refractivity contribution in [2.45, 2.75) is 70.4 Å². The molecular formula is C13H27NO. The minimum Gasteiger partial charge on any atom is -0.377 e. The molecule has 0 bridgehead atoms. The van der Waals surface area contributed by atoms with Crippen LogP contribution in [0.2, 0.25) is 0 Å². The SMILES string of the molecule is CCCCC(N)C1(OC)CCCC(C)C1. The van der Waals surface area contributed by atoms with Gasteiger partial charge in [-0.3, -0.25) is 0 Å². The molecule has 1 rings (SSSR count). The molecule has 0 saturated heterocycles. The van der Waals surface area contributed by atoms with E-state index >= 15 is 0 Å². The van der Waals surface area contributed by atoms with Gasteiger partial charge < -0.3 is 10.5 Å². The van der Waals surface area contributed by atoms with Crippen molar-refractivity contribution in [2.75, 3.05) is 7.11 Å². The minimum absolute atomic E-state index is 0.0210. The van der Waals surface area contributed by atoms with E-state index in [4.69, 9.17) is 10.5 Å². The summed E-state index contributed by atoms with van der Waals surface area (Å²) in [5, 5.41) is 0. The van der Waals surface area contributed by atoms with Gasteiger partial charge in [0.25, 0.3) is 0 Å². The van der Waals surface area contributed by atoms with E-state index in [1.807, 2.05) is 7.11 Å². The highest BCUT2D eigenvalue weighted by Crippen LogP contribution is 2.37. The lowest BCUT2D eigenvalue weighted by molar-refractivity contribution is -0.0725. The fraction of sp³-hybridized carbons (Fsp3) is 1.00. The van der Waals surface area contributed by atoms with Gasteiger partial charge in [0.15, 0.2) is 0 Å². The number of hydrogen-bond donors (Lipinski definition) is 1. The average molecular weight is 213 g/mol. The third-order valence-electron chi connectivity index (χ3n) is 3.94. The first kappa shape index (κ1) is 13.0. The quantitative estimate of drug-likeness (QED) is 0.761. The van der Waals surface area contributed by atoms with Gasteiger partial charge in [0.2, 0.25) is 0 Å². The summed E-state index contributed by atoms with van der Waals surface area (Å²) in [6.45, 7) is 4.54. The Hall–Kier alpha value is -0.0800. The zero-order chi connectivity index (χ0) is 11.3. The van der Waals surface area contributed by atoms with Crippen molar-refractivity contribution in [1.82, 2.24) is 0 Å². The van der Waals surface area contributed by atoms with Crippen LogP contribution in [-0.4, -0.2) is 18.8 Å². The summed E-state index contributed by atoms with van der Waals surface area (Å²) in [7, 11) is 1.84. The van der Waals surface area contributed by atoms with Crippen LogP contribution in [-0.2, 0) is 4.74 Å². The molecule has 0 heterocycles. The summed E-state index contributed by atoms with van der Waals surface area (Å²) in [4.78, 5) is 0. The van der Waals surface area contributed by atoms with Crippen molar-refractivity contribution in [3.05, 3.63) is 0 Å². The van der Waals surface area contributed by atoms with Crippen molar-refractivity contribution >= 4 is 0 Å². The standard InChI is InChI=1S/C13H27NO/c1-4-5-8-12(14)13(15-3)9-6-7-11(2)10-13/h11-12H,4-10,14H2,1-3H3. The highest BCUT2D eigenvalue weighted by atomic mass is 16.5. The van der Waals surface area contributed by atoms with E-state index in [0.717, 1.165) is 25.2 Å². The minimum atomic E-state index is -0.0210. The topological polar surface area (TPSA) is 35.2 Å². The van der Waals surface area contributed by atoms with Gasteiger partial charge in [-0.15, -0.1) is 0 Å². The lowest BCUT2D eigenvalue weighted by atomic mass is 9.73. The fourth-order valence-electron chi connectivity index (χ4n) is 2.90. The molecule has 0 radical (unpaired) electrons. The van der Waals surface area contributed by atoms with Gasteiger partial charge in [0, 0.05) is 13.2 Å². The molecule has 2 heteroatoms. The Bertz CT molecular complexity index is 183. The van der Waals surface area contributed by atoms with Crippen molar-refractivity contribution in [1.29, 1.82) is 0 Å². The second-order valence-electron chi connectivity index (χ2n) is 5.22. The van der Waals surface area contributed by atoms with Crippen molar-refractivity contribution in [3.63, 3.8) is 0 Å². The molecule has 3 unspecified atom stereocenters. The van der Waals surface area contributed by atoms with E-state index in [-0.39, 0.29) is 11.6 Å². The number of ether oxygens (including phenoxy) is 1. The molecular weight excluding hydrogens is 186 g/mol. The Morgan fingerprint density at radius 2 is 2.27 bits per heavy atom. The van der Waals surface area contributed by atoms with Gasteiger partial charge in [-0.1, -0.05) is 39.5 Å². The van der Waals surface area contributed by atoms with Crippen LogP contribution >= 0.6 is 0 Å². The summed E-state index contributed by atoms with van der Waals surface area (Å²) in [6.07, 6.45) is 8.47. The lowest BCUT2D eigenvalue weighted by Gasteiger charge is -2.43. The van der Waals surface area contributed by atoms with Gasteiger partial charge in [-0.25, -0.2) is 0 Å². The van der Waals surface area contributed by atoms with Gasteiger partial charge in [-0.2, -0.15) is 0 Å². The number of methoxy groups -OCH3 is 1. The molecule has 0 amide bonds. The van der Waals surface area contributed by atoms with E-state index in [9.17, 15) is 0 Å². The lowest BCUT2D eigenvalue weighted by Crippen LogP contribution is -2.52. The van der Waals surface area contributed by atoms with Crippen LogP contribution in [0.4, 0.5) is 0 Å². The molecule has 15 heavy (non-hydrogen) atoms. The normalized spacial score (nSPS) is 34.0. The van der Waals surface area contributed by atoms with Crippen LogP contribution in [0.15, 0.2) is 0 Å². The molecule has 2 N–H and O–H groups in total. The fourth-order valence-corrected chi connectivity index (χ4v) is 2.90. The summed E-state index contributed by atoms with van der Waals surface area (Å²) < 4.78 is 5.78. The van der Waals surface area contributed by atoms with E-state index in [0.29, 0.717) is 0 Å². The Labute approximate surface area is 94.6 Å². The smallest absolute Gasteiger partial charge is 0.0831 e. The van der Waals surface area contributed by atoms with Crippen LogP contribution in [0.25, 0.3) is 0 Å². The average Bonchev–Trinajstić information content (AvgIpc) is 2.25. The molecule has 0 aromatic carbocycles. The zero-order valence-electron chi connectivity index (χ0n) is 10.6. The maximum absolute atomic E-state index is 6.32. The molecule has 1 fully saturated rings. The summed E-state index contributed by atoms with van der Waals surface area (Å²) in [6, 6.07) is 0.227. The summed E-state index contributed by atoms with van der Waals surface area (Å²) in [5.74, 6) is 0.770. The Morgan fingerprint density at radius 3 is 2.80 bits per heavy atom. The van der Waals surface area contributed by atoms with E-state index in [1.165, 1.54) is 25.7 Å². The zero-order valence-corrected chi connectivity index (χ0v) is 10.6. The molecule has 1 aliphatic carbocycles. The Morgan fingerprint density at radius 1 is 1.53 bits per heavy atom. The highest BCUT2D eigenvalue weighted by Gasteiger charge is 2.39. The first-order valence-corrected chi connectivity index (χ1v) is 6.45. The molecule has 0 aromatic rings. The van der Waals surface area contributed by atoms with Crippen LogP contribution in [0.3, 0.4) is 0 Å². The molecule has 1 aliphatic rings. The third-order valence-corrected chi connectivity index (χ3v) is 3.94. The number of rotatable bonds is 5. The highest BCUT2D eigenvalue weighted by molar-refractivity contribution is 4.95. The van der Waals surface area contributed by atoms with Crippen molar-refractivity contribution < 1.29 is 4.74 Å². The van der Waals surface area contributed by atoms with Crippen molar-refractivity contribution in [2.24, 2.45) is 11.7 Å². The van der Waals surface area contributed by atoms with Gasteiger partial charge in [0.05, 0.1) is 5.60 Å². The van der Waals surface area contributed by atoms with Gasteiger partial charge in [0.1, 0.15) is 0 Å². The predicted molar refractivity (Wildman–Crippen MR) is 64.9 cm³/mol. The van der Waals surface area contributed by atoms with Gasteiger partial charge >= 0.3 is 0 Å². The van der Waals surface area contributed by atoms with Crippen LogP contribution in [0.1, 0.15) is 58.8 Å². The largest absolute Gasteiger partial charge is 0.377 e.